The molecule has 2 aliphatic heterocycles. The molecule has 4 nitrogen and oxygen atoms in total. The minimum atomic E-state index is 0.253. The van der Waals surface area contributed by atoms with E-state index in [4.69, 9.17) is 14.5 Å². The number of amidine groups is 1. The molecule has 5 heteroatoms. The Morgan fingerprint density at radius 3 is 3.00 bits per heavy atom. The van der Waals surface area contributed by atoms with Crippen LogP contribution in [-0.4, -0.2) is 48.9 Å². The summed E-state index contributed by atoms with van der Waals surface area (Å²) in [5.41, 5.74) is 0.253. The summed E-state index contributed by atoms with van der Waals surface area (Å²) in [7, 11) is 1.80. The SMILES string of the molecule is COC1CCCC1N=C1NC2(CCOCC2)CS1. The number of nitrogens with zero attached hydrogens (tertiary/aromatic N) is 1. The largest absolute Gasteiger partial charge is 0.381 e. The van der Waals surface area contributed by atoms with E-state index in [-0.39, 0.29) is 5.54 Å². The fraction of sp³-hybridized carbons (Fsp3) is 0.923. The summed E-state index contributed by atoms with van der Waals surface area (Å²) in [6.45, 7) is 1.76. The molecule has 0 bridgehead atoms. The molecule has 1 saturated carbocycles. The zero-order valence-corrected chi connectivity index (χ0v) is 11.8. The molecule has 1 N–H and O–H groups in total. The molecule has 3 rings (SSSR count). The minimum absolute atomic E-state index is 0.253. The number of hydrogen-bond donors (Lipinski definition) is 1. The van der Waals surface area contributed by atoms with Crippen molar-refractivity contribution in [3.05, 3.63) is 0 Å². The number of rotatable bonds is 2. The van der Waals surface area contributed by atoms with Gasteiger partial charge in [0.1, 0.15) is 0 Å². The molecule has 2 saturated heterocycles. The van der Waals surface area contributed by atoms with Crippen LogP contribution in [0.5, 0.6) is 0 Å². The third kappa shape index (κ3) is 2.53. The van der Waals surface area contributed by atoms with Crippen LogP contribution < -0.4 is 5.32 Å². The van der Waals surface area contributed by atoms with E-state index >= 15 is 0 Å². The van der Waals surface area contributed by atoms with Gasteiger partial charge in [0.25, 0.3) is 0 Å². The van der Waals surface area contributed by atoms with Crippen LogP contribution in [-0.2, 0) is 9.47 Å². The molecule has 2 heterocycles. The lowest BCUT2D eigenvalue weighted by Gasteiger charge is -2.32. The first kappa shape index (κ1) is 12.8. The van der Waals surface area contributed by atoms with E-state index in [9.17, 15) is 0 Å². The molecule has 0 aromatic carbocycles. The van der Waals surface area contributed by atoms with E-state index < -0.39 is 0 Å². The second-order valence-corrected chi connectivity index (χ2v) is 6.48. The van der Waals surface area contributed by atoms with Gasteiger partial charge in [-0.25, -0.2) is 0 Å². The average Bonchev–Trinajstić information content (AvgIpc) is 2.99. The first-order chi connectivity index (χ1) is 8.81. The first-order valence-corrected chi connectivity index (χ1v) is 7.89. The summed E-state index contributed by atoms with van der Waals surface area (Å²) in [6, 6.07) is 0.361. The van der Waals surface area contributed by atoms with Crippen molar-refractivity contribution < 1.29 is 9.47 Å². The summed E-state index contributed by atoms with van der Waals surface area (Å²) in [5, 5.41) is 4.79. The van der Waals surface area contributed by atoms with Crippen LogP contribution in [0.3, 0.4) is 0 Å². The van der Waals surface area contributed by atoms with E-state index in [2.05, 4.69) is 5.32 Å². The van der Waals surface area contributed by atoms with Crippen LogP contribution in [0.25, 0.3) is 0 Å². The number of aliphatic imine (C=N–C) groups is 1. The average molecular weight is 270 g/mol. The Morgan fingerprint density at radius 2 is 2.22 bits per heavy atom. The highest BCUT2D eigenvalue weighted by Crippen LogP contribution is 2.33. The van der Waals surface area contributed by atoms with Crippen LogP contribution in [0.15, 0.2) is 4.99 Å². The van der Waals surface area contributed by atoms with E-state index in [1.165, 1.54) is 12.8 Å². The Bertz CT molecular complexity index is 329. The zero-order chi connectivity index (χ0) is 12.4. The lowest BCUT2D eigenvalue weighted by atomic mass is 9.93. The molecule has 1 spiro atoms. The van der Waals surface area contributed by atoms with Gasteiger partial charge >= 0.3 is 0 Å². The first-order valence-electron chi connectivity index (χ1n) is 6.91. The van der Waals surface area contributed by atoms with Crippen LogP contribution in [0, 0.1) is 0 Å². The van der Waals surface area contributed by atoms with Crippen LogP contribution in [0.2, 0.25) is 0 Å². The fourth-order valence-corrected chi connectivity index (χ4v) is 4.36. The van der Waals surface area contributed by atoms with Crippen LogP contribution in [0.1, 0.15) is 32.1 Å². The van der Waals surface area contributed by atoms with Crippen LogP contribution in [0.4, 0.5) is 0 Å². The zero-order valence-electron chi connectivity index (χ0n) is 11.0. The Hall–Kier alpha value is -0.260. The highest BCUT2D eigenvalue weighted by Gasteiger charge is 2.39. The summed E-state index contributed by atoms with van der Waals surface area (Å²) in [5.74, 6) is 1.14. The molecule has 0 aromatic heterocycles. The van der Waals surface area contributed by atoms with Crippen LogP contribution >= 0.6 is 11.8 Å². The van der Waals surface area contributed by atoms with Crippen molar-refractivity contribution in [2.45, 2.75) is 49.8 Å². The van der Waals surface area contributed by atoms with Gasteiger partial charge in [-0.05, 0) is 32.1 Å². The van der Waals surface area contributed by atoms with Gasteiger partial charge in [-0.1, -0.05) is 11.8 Å². The van der Waals surface area contributed by atoms with Gasteiger partial charge in [0.05, 0.1) is 17.7 Å². The smallest absolute Gasteiger partial charge is 0.157 e. The number of methoxy groups -OCH3 is 1. The van der Waals surface area contributed by atoms with Crippen molar-refractivity contribution in [1.82, 2.24) is 5.32 Å². The van der Waals surface area contributed by atoms with E-state index in [0.29, 0.717) is 12.1 Å². The van der Waals surface area contributed by atoms with Gasteiger partial charge in [-0.3, -0.25) is 4.99 Å². The van der Waals surface area contributed by atoms with Crippen molar-refractivity contribution in [1.29, 1.82) is 0 Å². The van der Waals surface area contributed by atoms with Crippen molar-refractivity contribution in [3.63, 3.8) is 0 Å². The molecule has 102 valence electrons. The normalized spacial score (nSPS) is 37.3. The van der Waals surface area contributed by atoms with Crippen molar-refractivity contribution in [3.8, 4) is 0 Å². The Kier molecular flexibility index (Phi) is 3.82. The summed E-state index contributed by atoms with van der Waals surface area (Å²) in [6.07, 6.45) is 6.10. The Labute approximate surface area is 113 Å². The van der Waals surface area contributed by atoms with Gasteiger partial charge in [0.15, 0.2) is 5.17 Å². The highest BCUT2D eigenvalue weighted by atomic mass is 32.2. The third-order valence-electron chi connectivity index (χ3n) is 4.31. The van der Waals surface area contributed by atoms with Gasteiger partial charge in [0.2, 0.25) is 0 Å². The molecule has 3 fully saturated rings. The maximum atomic E-state index is 5.51. The topological polar surface area (TPSA) is 42.8 Å². The van der Waals surface area contributed by atoms with Crippen molar-refractivity contribution in [2.75, 3.05) is 26.1 Å². The van der Waals surface area contributed by atoms with Crippen molar-refractivity contribution in [2.24, 2.45) is 4.99 Å². The number of nitrogens with one attached hydrogen (secondary N) is 1. The second kappa shape index (κ2) is 5.39. The molecule has 0 radical (unpaired) electrons. The van der Waals surface area contributed by atoms with Gasteiger partial charge < -0.3 is 14.8 Å². The van der Waals surface area contributed by atoms with Gasteiger partial charge in [-0.15, -0.1) is 0 Å². The summed E-state index contributed by atoms with van der Waals surface area (Å²) < 4.78 is 11.0. The molecule has 0 amide bonds. The lowest BCUT2D eigenvalue weighted by molar-refractivity contribution is 0.0554. The quantitative estimate of drug-likeness (QED) is 0.831. The summed E-state index contributed by atoms with van der Waals surface area (Å²) >= 11 is 1.87. The molecule has 3 aliphatic rings. The van der Waals surface area contributed by atoms with Crippen molar-refractivity contribution >= 4 is 16.9 Å². The monoisotopic (exact) mass is 270 g/mol. The third-order valence-corrected chi connectivity index (χ3v) is 5.49. The van der Waals surface area contributed by atoms with Gasteiger partial charge in [0, 0.05) is 26.1 Å². The second-order valence-electron chi connectivity index (χ2n) is 5.51. The highest BCUT2D eigenvalue weighted by molar-refractivity contribution is 8.14. The number of hydrogen-bond acceptors (Lipinski definition) is 4. The Morgan fingerprint density at radius 1 is 1.39 bits per heavy atom. The number of ether oxygens (including phenoxy) is 2. The molecular formula is C13H22N2O2S. The molecule has 18 heavy (non-hydrogen) atoms. The molecular weight excluding hydrogens is 248 g/mol. The molecule has 2 atom stereocenters. The minimum Gasteiger partial charge on any atom is -0.381 e. The van der Waals surface area contributed by atoms with E-state index in [1.807, 2.05) is 11.8 Å². The van der Waals surface area contributed by atoms with E-state index in [1.54, 1.807) is 7.11 Å². The van der Waals surface area contributed by atoms with Gasteiger partial charge in [-0.2, -0.15) is 0 Å². The molecule has 2 unspecified atom stereocenters. The molecule has 0 aromatic rings. The lowest BCUT2D eigenvalue weighted by Crippen LogP contribution is -2.48. The fourth-order valence-electron chi connectivity index (χ4n) is 3.09. The predicted octanol–water partition coefficient (Wildman–Crippen LogP) is 1.80. The maximum absolute atomic E-state index is 5.51. The van der Waals surface area contributed by atoms with E-state index in [0.717, 1.165) is 43.4 Å². The Balaban J connectivity index is 1.64. The standard InChI is InChI=1S/C13H22N2O2S/c1-16-11-4-2-3-10(11)14-12-15-13(9-18-12)5-7-17-8-6-13/h10-11H,2-9H2,1H3,(H,14,15). The molecule has 1 aliphatic carbocycles. The maximum Gasteiger partial charge on any atom is 0.157 e. The summed E-state index contributed by atoms with van der Waals surface area (Å²) in [4.78, 5) is 4.88. The predicted molar refractivity (Wildman–Crippen MR) is 74.2 cm³/mol. The number of thioether (sulfide) groups is 1.